The maximum absolute atomic E-state index is 13.1. The van der Waals surface area contributed by atoms with Crippen molar-refractivity contribution >= 4 is 40.7 Å². The zero-order valence-electron chi connectivity index (χ0n) is 19.8. The van der Waals surface area contributed by atoms with E-state index in [-0.39, 0.29) is 29.5 Å². The number of hydrogen-bond acceptors (Lipinski definition) is 5. The van der Waals surface area contributed by atoms with Crippen LogP contribution in [-0.4, -0.2) is 42.0 Å². The molecule has 0 aromatic heterocycles. The van der Waals surface area contributed by atoms with E-state index in [1.54, 1.807) is 43.3 Å². The van der Waals surface area contributed by atoms with Crippen LogP contribution >= 0.6 is 23.2 Å². The quantitative estimate of drug-likeness (QED) is 0.223. The van der Waals surface area contributed by atoms with E-state index in [1.165, 1.54) is 12.0 Å². The SMILES string of the molecule is COCCN1C(=O)C(=O)C(=C(O)c2ccc(OCc3ccccc3)cc2C)[C@H]1c1ccc(Cl)c(Cl)c1. The first kappa shape index (κ1) is 25.8. The number of methoxy groups -OCH3 is 1. The molecule has 1 aliphatic rings. The molecule has 3 aromatic rings. The van der Waals surface area contributed by atoms with Crippen LogP contribution in [0.15, 0.2) is 72.3 Å². The molecule has 0 bridgehead atoms. The third-order valence-electron chi connectivity index (χ3n) is 6.04. The number of aliphatic hydroxyl groups is 1. The fourth-order valence-corrected chi connectivity index (χ4v) is 4.51. The topological polar surface area (TPSA) is 76.1 Å². The Morgan fingerprint density at radius 2 is 1.75 bits per heavy atom. The van der Waals surface area contributed by atoms with Gasteiger partial charge in [-0.05, 0) is 53.9 Å². The third kappa shape index (κ3) is 5.26. The molecule has 1 aliphatic heterocycles. The molecule has 0 aliphatic carbocycles. The summed E-state index contributed by atoms with van der Waals surface area (Å²) in [5.41, 5.74) is 2.68. The normalized spacial score (nSPS) is 17.0. The van der Waals surface area contributed by atoms with Crippen molar-refractivity contribution < 1.29 is 24.2 Å². The number of carbonyl (C=O) groups excluding carboxylic acids is 2. The Labute approximate surface area is 219 Å². The van der Waals surface area contributed by atoms with E-state index in [0.717, 1.165) is 5.56 Å². The fraction of sp³-hybridized carbons (Fsp3) is 0.214. The Kier molecular flexibility index (Phi) is 7.99. The number of amides is 1. The Morgan fingerprint density at radius 1 is 1.00 bits per heavy atom. The van der Waals surface area contributed by atoms with Gasteiger partial charge in [-0.15, -0.1) is 0 Å². The zero-order valence-corrected chi connectivity index (χ0v) is 21.3. The van der Waals surface area contributed by atoms with Gasteiger partial charge in [0.15, 0.2) is 0 Å². The van der Waals surface area contributed by atoms with Gasteiger partial charge >= 0.3 is 0 Å². The van der Waals surface area contributed by atoms with Crippen molar-refractivity contribution in [3.8, 4) is 5.75 Å². The van der Waals surface area contributed by atoms with Crippen molar-refractivity contribution in [2.24, 2.45) is 0 Å². The van der Waals surface area contributed by atoms with Gasteiger partial charge in [-0.25, -0.2) is 0 Å². The molecule has 36 heavy (non-hydrogen) atoms. The van der Waals surface area contributed by atoms with Crippen LogP contribution in [-0.2, 0) is 20.9 Å². The van der Waals surface area contributed by atoms with Crippen LogP contribution in [0.4, 0.5) is 0 Å². The Bertz CT molecular complexity index is 1320. The van der Waals surface area contributed by atoms with Crippen molar-refractivity contribution in [3.63, 3.8) is 0 Å². The maximum atomic E-state index is 13.1. The van der Waals surface area contributed by atoms with E-state index in [1.807, 2.05) is 30.3 Å². The molecule has 6 nitrogen and oxygen atoms in total. The standard InChI is InChI=1S/C28H25Cl2NO5/c1-17-14-20(36-16-18-6-4-3-5-7-18)9-10-21(17)26(32)24-25(19-8-11-22(29)23(30)15-19)31(12-13-35-2)28(34)27(24)33/h3-11,14-15,25,32H,12-13,16H2,1-2H3/t25-/m1/s1. The fourth-order valence-electron chi connectivity index (χ4n) is 4.21. The van der Waals surface area contributed by atoms with Gasteiger partial charge in [-0.2, -0.15) is 0 Å². The van der Waals surface area contributed by atoms with Gasteiger partial charge in [-0.1, -0.05) is 59.6 Å². The zero-order chi connectivity index (χ0) is 25.8. The molecule has 4 rings (SSSR count). The van der Waals surface area contributed by atoms with Gasteiger partial charge in [0, 0.05) is 19.2 Å². The lowest BCUT2D eigenvalue weighted by Gasteiger charge is -2.25. The summed E-state index contributed by atoms with van der Waals surface area (Å²) in [6.07, 6.45) is 0. The minimum atomic E-state index is -0.844. The van der Waals surface area contributed by atoms with Crippen LogP contribution in [0.5, 0.6) is 5.75 Å². The second-order valence-corrected chi connectivity index (χ2v) is 9.22. The van der Waals surface area contributed by atoms with Crippen LogP contribution in [0.2, 0.25) is 10.0 Å². The predicted octanol–water partition coefficient (Wildman–Crippen LogP) is 5.95. The number of aliphatic hydroxyl groups excluding tert-OH is 1. The first-order valence-corrected chi connectivity index (χ1v) is 12.1. The van der Waals surface area contributed by atoms with Gasteiger partial charge in [0.05, 0.1) is 28.3 Å². The number of rotatable bonds is 8. The Balaban J connectivity index is 1.72. The van der Waals surface area contributed by atoms with Crippen molar-refractivity contribution in [1.29, 1.82) is 0 Å². The number of nitrogens with zero attached hydrogens (tertiary/aromatic N) is 1. The van der Waals surface area contributed by atoms with Crippen molar-refractivity contribution in [2.75, 3.05) is 20.3 Å². The number of halogens is 2. The number of ketones is 1. The summed E-state index contributed by atoms with van der Waals surface area (Å²) < 4.78 is 11.0. The number of carbonyl (C=O) groups is 2. The smallest absolute Gasteiger partial charge is 0.295 e. The minimum absolute atomic E-state index is 0.0180. The van der Waals surface area contributed by atoms with E-state index in [2.05, 4.69) is 0 Å². The van der Waals surface area contributed by atoms with Crippen LogP contribution < -0.4 is 4.74 Å². The Morgan fingerprint density at radius 3 is 2.42 bits per heavy atom. The molecule has 0 unspecified atom stereocenters. The summed E-state index contributed by atoms with van der Waals surface area (Å²) in [6, 6.07) is 19.0. The van der Waals surface area contributed by atoms with Gasteiger partial charge in [0.2, 0.25) is 0 Å². The van der Waals surface area contributed by atoms with Crippen LogP contribution in [0.25, 0.3) is 5.76 Å². The highest BCUT2D eigenvalue weighted by Crippen LogP contribution is 2.41. The van der Waals surface area contributed by atoms with Gasteiger partial charge in [0.25, 0.3) is 11.7 Å². The second kappa shape index (κ2) is 11.2. The molecular weight excluding hydrogens is 501 g/mol. The summed E-state index contributed by atoms with van der Waals surface area (Å²) in [5, 5.41) is 12.0. The summed E-state index contributed by atoms with van der Waals surface area (Å²) >= 11 is 12.3. The largest absolute Gasteiger partial charge is 0.507 e. The number of Topliss-reactive ketones (excluding diaryl/α,β-unsaturated/α-hetero) is 1. The molecule has 1 N–H and O–H groups in total. The third-order valence-corrected chi connectivity index (χ3v) is 6.78. The van der Waals surface area contributed by atoms with Crippen molar-refractivity contribution in [2.45, 2.75) is 19.6 Å². The van der Waals surface area contributed by atoms with Crippen molar-refractivity contribution in [3.05, 3.63) is 105 Å². The number of likely N-dealkylation sites (tertiary alicyclic amines) is 1. The highest BCUT2D eigenvalue weighted by atomic mass is 35.5. The van der Waals surface area contributed by atoms with Crippen LogP contribution in [0.3, 0.4) is 0 Å². The van der Waals surface area contributed by atoms with Crippen LogP contribution in [0.1, 0.15) is 28.3 Å². The molecule has 1 fully saturated rings. The second-order valence-electron chi connectivity index (χ2n) is 8.41. The van der Waals surface area contributed by atoms with Gasteiger partial charge in [-0.3, -0.25) is 9.59 Å². The van der Waals surface area contributed by atoms with E-state index in [4.69, 9.17) is 32.7 Å². The highest BCUT2D eigenvalue weighted by molar-refractivity contribution is 6.47. The minimum Gasteiger partial charge on any atom is -0.507 e. The first-order valence-electron chi connectivity index (χ1n) is 11.3. The van der Waals surface area contributed by atoms with E-state index in [9.17, 15) is 14.7 Å². The summed E-state index contributed by atoms with van der Waals surface area (Å²) in [5.74, 6) is -1.14. The monoisotopic (exact) mass is 525 g/mol. The number of benzene rings is 3. The summed E-state index contributed by atoms with van der Waals surface area (Å²) in [6.45, 7) is 2.58. The van der Waals surface area contributed by atoms with E-state index >= 15 is 0 Å². The van der Waals surface area contributed by atoms with Crippen LogP contribution in [0, 0.1) is 6.92 Å². The predicted molar refractivity (Wildman–Crippen MR) is 139 cm³/mol. The lowest BCUT2D eigenvalue weighted by atomic mass is 9.94. The number of aryl methyl sites for hydroxylation is 1. The molecule has 1 amide bonds. The molecule has 1 atom stereocenters. The molecule has 3 aromatic carbocycles. The lowest BCUT2D eigenvalue weighted by Crippen LogP contribution is -2.32. The Hall–Kier alpha value is -3.32. The average molecular weight is 526 g/mol. The molecule has 0 saturated carbocycles. The molecule has 1 heterocycles. The highest BCUT2D eigenvalue weighted by Gasteiger charge is 2.46. The average Bonchev–Trinajstić information content (AvgIpc) is 3.13. The molecule has 0 radical (unpaired) electrons. The summed E-state index contributed by atoms with van der Waals surface area (Å²) in [4.78, 5) is 27.5. The van der Waals surface area contributed by atoms with E-state index < -0.39 is 17.7 Å². The van der Waals surface area contributed by atoms with E-state index in [0.29, 0.717) is 34.1 Å². The van der Waals surface area contributed by atoms with Crippen molar-refractivity contribution in [1.82, 2.24) is 4.90 Å². The molecule has 0 spiro atoms. The first-order chi connectivity index (χ1) is 17.3. The summed E-state index contributed by atoms with van der Waals surface area (Å²) in [7, 11) is 1.51. The number of hydrogen-bond donors (Lipinski definition) is 1. The molecule has 8 heteroatoms. The maximum Gasteiger partial charge on any atom is 0.295 e. The van der Waals surface area contributed by atoms with Gasteiger partial charge in [0.1, 0.15) is 18.1 Å². The van der Waals surface area contributed by atoms with Gasteiger partial charge < -0.3 is 19.5 Å². The molecular formula is C28H25Cl2NO5. The number of ether oxygens (including phenoxy) is 2. The molecule has 1 saturated heterocycles. The lowest BCUT2D eigenvalue weighted by molar-refractivity contribution is -0.140. The molecule has 186 valence electrons.